The van der Waals surface area contributed by atoms with E-state index >= 15 is 0 Å². The lowest BCUT2D eigenvalue weighted by atomic mass is 9.78. The van der Waals surface area contributed by atoms with Crippen molar-refractivity contribution in [2.75, 3.05) is 0 Å². The van der Waals surface area contributed by atoms with Crippen LogP contribution in [0.15, 0.2) is 152 Å². The Morgan fingerprint density at radius 2 is 0.652 bits per heavy atom. The molecule has 6 fully saturated rings. The zero-order valence-corrected chi connectivity index (χ0v) is 74.5. The van der Waals surface area contributed by atoms with Crippen molar-refractivity contribution in [1.82, 2.24) is 25.3 Å². The Labute approximate surface area is 680 Å². The van der Waals surface area contributed by atoms with Crippen LogP contribution in [0.3, 0.4) is 0 Å². The highest BCUT2D eigenvalue weighted by Gasteiger charge is 2.49. The first-order valence-electron chi connectivity index (χ1n) is 43.1. The average molecular weight is 1560 g/mol. The summed E-state index contributed by atoms with van der Waals surface area (Å²) in [6.07, 6.45) is 13.4. The third kappa shape index (κ3) is 39.1. The van der Waals surface area contributed by atoms with Crippen LogP contribution in [0.5, 0.6) is 0 Å². The summed E-state index contributed by atoms with van der Waals surface area (Å²) < 4.78 is 33.0. The van der Waals surface area contributed by atoms with Crippen LogP contribution in [0.4, 0.5) is 28.8 Å². The number of ether oxygens (including phenoxy) is 6. The number of piperidine rings is 2. The molecule has 6 amide bonds. The molecule has 0 radical (unpaired) electrons. The molecule has 112 heavy (non-hydrogen) atoms. The zero-order chi connectivity index (χ0) is 84.8. The van der Waals surface area contributed by atoms with Crippen LogP contribution in [0, 0.1) is 29.6 Å². The molecular formula is C95H155N5O12. The minimum atomic E-state index is -0.764. The van der Waals surface area contributed by atoms with Gasteiger partial charge in [-0.2, -0.15) is 0 Å². The van der Waals surface area contributed by atoms with Gasteiger partial charge in [0.2, 0.25) is 0 Å². The summed E-state index contributed by atoms with van der Waals surface area (Å²) in [6, 6.07) is 48.9. The van der Waals surface area contributed by atoms with E-state index in [1.165, 1.54) is 44.1 Å². The molecule has 6 unspecified atom stereocenters. The van der Waals surface area contributed by atoms with Gasteiger partial charge in [0.25, 0.3) is 0 Å². The Balaban J connectivity index is 0.00000148. The number of carbonyl (C=O) groups is 6. The highest BCUT2D eigenvalue weighted by molar-refractivity contribution is 5.88. The monoisotopic (exact) mass is 1560 g/mol. The standard InChI is InChI=1S/C30H38N2O6.C25H30N2O4.C15H27NO2.C8H10.C3H8.7C2H6/c1-21(31(29(35)38-30(2,3)4)27(33)36-19-22-11-7-5-8-12-22)24-17-25-15-16-26(18-24)32(25)28(34)37-20-23-13-9-6-10-14-23;1-18(26-24(28)30-16-19-8-4-2-5-9-19)21-14-22-12-13-23(15-21)27(22)25(29)31-17-20-10-6-3-7-11-20;1-10(16-14(17)18-15(2,3)4)13-8-11-5-6-12(7-11)9-13;1-2-8-6-4-3-5-7-8;1-3-2;7*1-2/h5-14,21,24-26H,15-20H2,1-4H3;2-11,18,21-23H,12-17H2,1H3,(H,26,28);10-13H,5-9H2,1-4H3,(H,16,17);3-7H,2H2,1H3;3H2,1-2H3;7*1-2H3/t21-,24?,25?,26?;18-,21?,22?,23?;10-,11?,12?,13?;;;;;;;;;/m111........./s1. The Morgan fingerprint density at radius 3 is 0.964 bits per heavy atom. The van der Waals surface area contributed by atoms with Crippen LogP contribution in [0.1, 0.15) is 298 Å². The molecule has 0 aromatic heterocycles. The maximum atomic E-state index is 13.2. The molecule has 5 aromatic rings. The van der Waals surface area contributed by atoms with Gasteiger partial charge in [0, 0.05) is 42.3 Å². The number of imide groups is 1. The molecule has 2 N–H and O–H groups in total. The minimum Gasteiger partial charge on any atom is -0.445 e. The van der Waals surface area contributed by atoms with E-state index in [4.69, 9.17) is 28.4 Å². The molecule has 4 heterocycles. The van der Waals surface area contributed by atoms with Crippen molar-refractivity contribution in [2.24, 2.45) is 29.6 Å². The lowest BCUT2D eigenvalue weighted by molar-refractivity contribution is -0.00291. The molecule has 17 heteroatoms. The quantitative estimate of drug-likeness (QED) is 0.0944. The van der Waals surface area contributed by atoms with Crippen molar-refractivity contribution >= 4 is 36.6 Å². The van der Waals surface area contributed by atoms with Crippen molar-refractivity contribution in [1.29, 1.82) is 0 Å². The Hall–Kier alpha value is -8.08. The summed E-state index contributed by atoms with van der Waals surface area (Å²) in [5.41, 5.74) is 3.97. The summed E-state index contributed by atoms with van der Waals surface area (Å²) in [4.78, 5) is 81.0. The summed E-state index contributed by atoms with van der Waals surface area (Å²) in [7, 11) is 0. The second kappa shape index (κ2) is 59.6. The van der Waals surface area contributed by atoms with Gasteiger partial charge < -0.3 is 48.9 Å². The van der Waals surface area contributed by atoms with Gasteiger partial charge in [-0.3, -0.25) is 0 Å². The number of nitrogens with zero attached hydrogens (tertiary/aromatic N) is 3. The van der Waals surface area contributed by atoms with Crippen LogP contribution in [-0.2, 0) is 61.3 Å². The first-order valence-corrected chi connectivity index (χ1v) is 43.1. The largest absolute Gasteiger partial charge is 0.445 e. The maximum Gasteiger partial charge on any atom is 0.420 e. The average Bonchev–Trinajstić information content (AvgIpc) is 1.61. The lowest BCUT2D eigenvalue weighted by Crippen LogP contribution is -2.54. The first-order chi connectivity index (χ1) is 53.9. The van der Waals surface area contributed by atoms with Gasteiger partial charge in [-0.05, 0) is 197 Å². The molecule has 6 bridgehead atoms. The minimum absolute atomic E-state index is 0.00228. The number of amides is 6. The number of rotatable bonds is 15. The van der Waals surface area contributed by atoms with Crippen molar-refractivity contribution in [2.45, 2.75) is 356 Å². The Morgan fingerprint density at radius 1 is 0.366 bits per heavy atom. The topological polar surface area (TPSA) is 192 Å². The molecule has 0 spiro atoms. The highest BCUT2D eigenvalue weighted by atomic mass is 16.6. The van der Waals surface area contributed by atoms with Crippen LogP contribution < -0.4 is 10.6 Å². The molecule has 17 nitrogen and oxygen atoms in total. The van der Waals surface area contributed by atoms with Gasteiger partial charge in [0.1, 0.15) is 37.6 Å². The molecule has 2 saturated carbocycles. The molecule has 632 valence electrons. The van der Waals surface area contributed by atoms with Crippen molar-refractivity contribution in [3.63, 3.8) is 0 Å². The molecule has 9 atom stereocenters. The van der Waals surface area contributed by atoms with E-state index in [2.05, 4.69) is 62.6 Å². The van der Waals surface area contributed by atoms with Crippen LogP contribution in [0.2, 0.25) is 0 Å². The number of hydrogen-bond acceptors (Lipinski definition) is 12. The highest BCUT2D eigenvalue weighted by Crippen LogP contribution is 2.46. The number of carbonyl (C=O) groups excluding carboxylic acids is 6. The number of fused-ring (bicyclic) bond motifs is 6. The molecule has 4 saturated heterocycles. The number of benzene rings is 5. The van der Waals surface area contributed by atoms with E-state index in [-0.39, 0.29) is 80.3 Å². The summed E-state index contributed by atoms with van der Waals surface area (Å²) in [5, 5.41) is 6.00. The predicted octanol–water partition coefficient (Wildman–Crippen LogP) is 26.0. The Kier molecular flexibility index (Phi) is 55.3. The van der Waals surface area contributed by atoms with Crippen molar-refractivity contribution in [3.8, 4) is 0 Å². The normalized spacial score (nSPS) is 20.1. The SMILES string of the molecule is CC.CC.CC.CC.CC.CC.CC.CCC.CCc1ccccc1.C[C@@H](NC(=O)OC(C)(C)C)C1CC2CCC(C2)C1.C[C@@H](NC(=O)OCc1ccccc1)C1CC2CCC(C1)N2C(=O)OCc1ccccc1.C[C@H](C1CC2CCC(C1)N2C(=O)OCc1ccccc1)N(C(=O)OCc1ccccc1)C(=O)OC(C)(C)C. The molecule has 6 aliphatic rings. The van der Waals surface area contributed by atoms with Gasteiger partial charge in [-0.15, -0.1) is 0 Å². The summed E-state index contributed by atoms with van der Waals surface area (Å²) >= 11 is 0. The summed E-state index contributed by atoms with van der Waals surface area (Å²) in [5.74, 6) is 2.79. The predicted molar refractivity (Wildman–Crippen MR) is 463 cm³/mol. The second-order valence-corrected chi connectivity index (χ2v) is 29.5. The van der Waals surface area contributed by atoms with Gasteiger partial charge in [0.15, 0.2) is 0 Å². The fourth-order valence-electron chi connectivity index (χ4n) is 14.5. The van der Waals surface area contributed by atoms with E-state index in [1.54, 1.807) is 20.8 Å². The van der Waals surface area contributed by atoms with Crippen LogP contribution in [-0.4, -0.2) is 105 Å². The molecule has 11 rings (SSSR count). The fraction of sp³-hybridized carbons (Fsp3) is 0.621. The second-order valence-electron chi connectivity index (χ2n) is 29.5. The molecule has 5 aromatic carbocycles. The van der Waals surface area contributed by atoms with E-state index in [0.29, 0.717) is 31.3 Å². The van der Waals surface area contributed by atoms with E-state index in [1.807, 2.05) is 269 Å². The number of alkyl carbamates (subject to hydrolysis) is 2. The van der Waals surface area contributed by atoms with Crippen LogP contribution >= 0.6 is 0 Å². The molecule has 4 aliphatic heterocycles. The molecular weight excluding hydrogens is 1400 g/mol. The smallest absolute Gasteiger partial charge is 0.420 e. The van der Waals surface area contributed by atoms with Gasteiger partial charge in [0.05, 0.1) is 0 Å². The van der Waals surface area contributed by atoms with Gasteiger partial charge in [-0.1, -0.05) is 289 Å². The molecule has 2 aliphatic carbocycles. The van der Waals surface area contributed by atoms with Gasteiger partial charge >= 0.3 is 36.6 Å². The van der Waals surface area contributed by atoms with E-state index in [9.17, 15) is 28.8 Å². The number of nitrogens with one attached hydrogen (secondary N) is 2. The number of hydrogen-bond donors (Lipinski definition) is 2. The lowest BCUT2D eigenvalue weighted by Gasteiger charge is -2.42. The van der Waals surface area contributed by atoms with E-state index in [0.717, 1.165) is 83.9 Å². The zero-order valence-electron chi connectivity index (χ0n) is 74.5. The van der Waals surface area contributed by atoms with E-state index < -0.39 is 35.5 Å². The van der Waals surface area contributed by atoms with Crippen molar-refractivity contribution < 1.29 is 57.2 Å². The third-order valence-electron chi connectivity index (χ3n) is 19.3. The third-order valence-corrected chi connectivity index (χ3v) is 19.3. The van der Waals surface area contributed by atoms with Crippen LogP contribution in [0.25, 0.3) is 0 Å². The summed E-state index contributed by atoms with van der Waals surface area (Å²) in [6.45, 7) is 52.3. The first kappa shape index (κ1) is 104. The van der Waals surface area contributed by atoms with Crippen molar-refractivity contribution in [3.05, 3.63) is 179 Å². The van der Waals surface area contributed by atoms with Gasteiger partial charge in [-0.25, -0.2) is 33.7 Å². The number of aryl methyl sites for hydroxylation is 1. The maximum absolute atomic E-state index is 13.2. The fourth-order valence-corrected chi connectivity index (χ4v) is 14.5. The Bertz CT molecular complexity index is 3170.